The van der Waals surface area contributed by atoms with Crippen LogP contribution in [0.15, 0.2) is 72.9 Å². The quantitative estimate of drug-likeness (QED) is 0.806. The maximum absolute atomic E-state index is 12.1. The van der Waals surface area contributed by atoms with Gasteiger partial charge in [-0.3, -0.25) is 4.79 Å². The number of anilines is 1. The van der Waals surface area contributed by atoms with Gasteiger partial charge < -0.3 is 10.1 Å². The van der Waals surface area contributed by atoms with E-state index in [1.54, 1.807) is 36.4 Å². The van der Waals surface area contributed by atoms with E-state index in [9.17, 15) is 9.59 Å². The van der Waals surface area contributed by atoms with Gasteiger partial charge in [0.25, 0.3) is 5.91 Å². The van der Waals surface area contributed by atoms with E-state index in [2.05, 4.69) is 10.4 Å². The van der Waals surface area contributed by atoms with Gasteiger partial charge in [0.05, 0.1) is 0 Å². The van der Waals surface area contributed by atoms with Gasteiger partial charge in [0, 0.05) is 11.9 Å². The molecule has 114 valence electrons. The highest BCUT2D eigenvalue weighted by Crippen LogP contribution is 2.10. The van der Waals surface area contributed by atoms with Gasteiger partial charge in [0.1, 0.15) is 5.75 Å². The van der Waals surface area contributed by atoms with Crippen LogP contribution in [-0.2, 0) is 0 Å². The average molecular weight is 307 g/mol. The summed E-state index contributed by atoms with van der Waals surface area (Å²) < 4.78 is 6.12. The molecule has 3 aromatic rings. The van der Waals surface area contributed by atoms with Gasteiger partial charge >= 0.3 is 6.09 Å². The number of amides is 1. The van der Waals surface area contributed by atoms with Gasteiger partial charge in [-0.25, -0.2) is 4.79 Å². The standard InChI is InChI=1S/C17H13N3O3/c21-16(18-13-7-3-1-4-8-13)15-11-12-20(19-15)17(22)23-14-9-5-2-6-10-14/h1-12H,(H,18,21). The first-order chi connectivity index (χ1) is 11.2. The Bertz CT molecular complexity index is 745. The monoisotopic (exact) mass is 307 g/mol. The van der Waals surface area contributed by atoms with E-state index in [-0.39, 0.29) is 5.69 Å². The van der Waals surface area contributed by atoms with Gasteiger partial charge in [-0.05, 0) is 30.3 Å². The fraction of sp³-hybridized carbons (Fsp3) is 0. The van der Waals surface area contributed by atoms with Crippen molar-refractivity contribution in [1.82, 2.24) is 9.78 Å². The molecule has 0 radical (unpaired) electrons. The lowest BCUT2D eigenvalue weighted by Crippen LogP contribution is -2.19. The summed E-state index contributed by atoms with van der Waals surface area (Å²) >= 11 is 0. The second-order valence-corrected chi connectivity index (χ2v) is 4.65. The first kappa shape index (κ1) is 14.5. The number of nitrogens with one attached hydrogen (secondary N) is 1. The predicted molar refractivity (Wildman–Crippen MR) is 84.5 cm³/mol. The molecule has 0 bridgehead atoms. The molecule has 0 aliphatic carbocycles. The van der Waals surface area contributed by atoms with Crippen molar-refractivity contribution in [3.05, 3.63) is 78.6 Å². The molecule has 0 fully saturated rings. The van der Waals surface area contributed by atoms with Crippen LogP contribution in [0, 0.1) is 0 Å². The van der Waals surface area contributed by atoms with Gasteiger partial charge in [0.2, 0.25) is 0 Å². The predicted octanol–water partition coefficient (Wildman–Crippen LogP) is 3.18. The van der Waals surface area contributed by atoms with Crippen LogP contribution in [-0.4, -0.2) is 21.8 Å². The van der Waals surface area contributed by atoms with Crippen molar-refractivity contribution >= 4 is 17.7 Å². The minimum atomic E-state index is -0.685. The summed E-state index contributed by atoms with van der Waals surface area (Å²) in [6, 6.07) is 19.1. The van der Waals surface area contributed by atoms with Crippen molar-refractivity contribution in [2.24, 2.45) is 0 Å². The molecule has 1 aromatic heterocycles. The van der Waals surface area contributed by atoms with Crippen LogP contribution in [0.2, 0.25) is 0 Å². The zero-order chi connectivity index (χ0) is 16.1. The van der Waals surface area contributed by atoms with E-state index in [1.807, 2.05) is 24.3 Å². The van der Waals surface area contributed by atoms with E-state index in [0.29, 0.717) is 11.4 Å². The third-order valence-corrected chi connectivity index (χ3v) is 2.99. The largest absolute Gasteiger partial charge is 0.440 e. The van der Waals surface area contributed by atoms with Crippen LogP contribution >= 0.6 is 0 Å². The number of para-hydroxylation sites is 2. The molecule has 6 nitrogen and oxygen atoms in total. The molecule has 1 N–H and O–H groups in total. The van der Waals surface area contributed by atoms with Crippen LogP contribution in [0.3, 0.4) is 0 Å². The van der Waals surface area contributed by atoms with Crippen molar-refractivity contribution in [3.8, 4) is 5.75 Å². The molecule has 2 aromatic carbocycles. The lowest BCUT2D eigenvalue weighted by atomic mass is 10.3. The fourth-order valence-electron chi connectivity index (χ4n) is 1.90. The summed E-state index contributed by atoms with van der Waals surface area (Å²) in [6.45, 7) is 0. The van der Waals surface area contributed by atoms with E-state index < -0.39 is 12.0 Å². The summed E-state index contributed by atoms with van der Waals surface area (Å²) in [7, 11) is 0. The molecule has 0 unspecified atom stereocenters. The second-order valence-electron chi connectivity index (χ2n) is 4.65. The van der Waals surface area contributed by atoms with Crippen molar-refractivity contribution in [3.63, 3.8) is 0 Å². The number of rotatable bonds is 3. The van der Waals surface area contributed by atoms with Gasteiger partial charge in [0.15, 0.2) is 5.69 Å². The smallest absolute Gasteiger partial charge is 0.409 e. The van der Waals surface area contributed by atoms with Gasteiger partial charge in [-0.1, -0.05) is 36.4 Å². The highest BCUT2D eigenvalue weighted by Gasteiger charge is 2.14. The normalized spacial score (nSPS) is 10.1. The molecule has 0 saturated carbocycles. The van der Waals surface area contributed by atoms with E-state index in [4.69, 9.17) is 4.74 Å². The number of carbonyl (C=O) groups is 2. The van der Waals surface area contributed by atoms with Crippen LogP contribution in [0.4, 0.5) is 10.5 Å². The maximum atomic E-state index is 12.1. The van der Waals surface area contributed by atoms with E-state index in [1.165, 1.54) is 12.3 Å². The molecule has 6 heteroatoms. The Kier molecular flexibility index (Phi) is 4.15. The van der Waals surface area contributed by atoms with Crippen LogP contribution in [0.1, 0.15) is 10.5 Å². The topological polar surface area (TPSA) is 73.2 Å². The molecule has 1 heterocycles. The zero-order valence-electron chi connectivity index (χ0n) is 12.0. The molecule has 0 aliphatic heterocycles. The van der Waals surface area contributed by atoms with Gasteiger partial charge in [-0.15, -0.1) is 0 Å². The number of benzene rings is 2. The van der Waals surface area contributed by atoms with Crippen molar-refractivity contribution in [2.45, 2.75) is 0 Å². The molecular weight excluding hydrogens is 294 g/mol. The van der Waals surface area contributed by atoms with Crippen molar-refractivity contribution < 1.29 is 14.3 Å². The molecule has 0 spiro atoms. The zero-order valence-corrected chi connectivity index (χ0v) is 12.0. The molecule has 0 saturated heterocycles. The number of hydrogen-bond donors (Lipinski definition) is 1. The Hall–Kier alpha value is -3.41. The molecular formula is C17H13N3O3. The van der Waals surface area contributed by atoms with Crippen LogP contribution < -0.4 is 10.1 Å². The minimum Gasteiger partial charge on any atom is -0.409 e. The highest BCUT2D eigenvalue weighted by atomic mass is 16.6. The summed E-state index contributed by atoms with van der Waals surface area (Å²) in [5.41, 5.74) is 0.776. The first-order valence-electron chi connectivity index (χ1n) is 6.92. The summed E-state index contributed by atoms with van der Waals surface area (Å²) in [5, 5.41) is 6.63. The summed E-state index contributed by atoms with van der Waals surface area (Å²) in [5.74, 6) is 0.00532. The van der Waals surface area contributed by atoms with Crippen molar-refractivity contribution in [2.75, 3.05) is 5.32 Å². The second kappa shape index (κ2) is 6.57. The number of nitrogens with zero attached hydrogens (tertiary/aromatic N) is 2. The lowest BCUT2D eigenvalue weighted by molar-refractivity contribution is 0.102. The van der Waals surface area contributed by atoms with E-state index in [0.717, 1.165) is 4.68 Å². The Labute approximate surface area is 132 Å². The number of ether oxygens (including phenoxy) is 1. The third-order valence-electron chi connectivity index (χ3n) is 2.99. The Morgan fingerprint density at radius 3 is 2.26 bits per heavy atom. The highest BCUT2D eigenvalue weighted by molar-refractivity contribution is 6.02. The third kappa shape index (κ3) is 3.62. The Balaban J connectivity index is 1.68. The lowest BCUT2D eigenvalue weighted by Gasteiger charge is -2.03. The molecule has 0 aliphatic rings. The summed E-state index contributed by atoms with van der Waals surface area (Å²) in [4.78, 5) is 24.0. The number of hydrogen-bond acceptors (Lipinski definition) is 4. The fourth-order valence-corrected chi connectivity index (χ4v) is 1.90. The molecule has 23 heavy (non-hydrogen) atoms. The summed E-state index contributed by atoms with van der Waals surface area (Å²) in [6.07, 6.45) is 0.695. The first-order valence-corrected chi connectivity index (χ1v) is 6.92. The van der Waals surface area contributed by atoms with Gasteiger partial charge in [-0.2, -0.15) is 9.78 Å². The minimum absolute atomic E-state index is 0.124. The SMILES string of the molecule is O=C(Nc1ccccc1)c1ccn(C(=O)Oc2ccccc2)n1. The number of carbonyl (C=O) groups excluding carboxylic acids is 2. The average Bonchev–Trinajstić information content (AvgIpc) is 3.07. The molecule has 3 rings (SSSR count). The van der Waals surface area contributed by atoms with Crippen molar-refractivity contribution in [1.29, 1.82) is 0 Å². The number of aromatic nitrogens is 2. The van der Waals surface area contributed by atoms with Crippen LogP contribution in [0.5, 0.6) is 5.75 Å². The maximum Gasteiger partial charge on any atom is 0.440 e. The van der Waals surface area contributed by atoms with E-state index >= 15 is 0 Å². The van der Waals surface area contributed by atoms with Crippen LogP contribution in [0.25, 0.3) is 0 Å². The Morgan fingerprint density at radius 2 is 1.57 bits per heavy atom. The Morgan fingerprint density at radius 1 is 0.913 bits per heavy atom. The molecule has 0 atom stereocenters. The molecule has 1 amide bonds.